The van der Waals surface area contributed by atoms with Crippen LogP contribution < -0.4 is 5.32 Å². The molecule has 0 aliphatic heterocycles. The average Bonchev–Trinajstić information content (AvgIpc) is 2.64. The zero-order valence-electron chi connectivity index (χ0n) is 14.8. The van der Waals surface area contributed by atoms with Gasteiger partial charge < -0.3 is 10.2 Å². The van der Waals surface area contributed by atoms with Crippen molar-refractivity contribution in [1.82, 2.24) is 20.2 Å². The van der Waals surface area contributed by atoms with Gasteiger partial charge >= 0.3 is 0 Å². The molecule has 4 heteroatoms. The molecule has 1 heterocycles. The first-order valence-corrected chi connectivity index (χ1v) is 8.94. The van der Waals surface area contributed by atoms with Crippen molar-refractivity contribution in [2.45, 2.75) is 44.2 Å². The summed E-state index contributed by atoms with van der Waals surface area (Å²) in [5.41, 5.74) is 2.51. The zero-order chi connectivity index (χ0) is 16.8. The Morgan fingerprint density at radius 3 is 2.29 bits per heavy atom. The number of likely N-dealkylation sites (N-methyl/N-ethyl adjacent to an activating group) is 1. The second-order valence-electron chi connectivity index (χ2n) is 7.06. The van der Waals surface area contributed by atoms with Crippen LogP contribution in [0, 0.1) is 0 Å². The normalized spacial score (nSPS) is 17.1. The smallest absolute Gasteiger partial charge is 0.159 e. The van der Waals surface area contributed by atoms with Gasteiger partial charge in [0.1, 0.15) is 0 Å². The van der Waals surface area contributed by atoms with Crippen molar-refractivity contribution in [3.63, 3.8) is 0 Å². The van der Waals surface area contributed by atoms with Crippen LogP contribution >= 0.6 is 0 Å². The lowest BCUT2D eigenvalue weighted by molar-refractivity contribution is 0.0984. The van der Waals surface area contributed by atoms with Crippen molar-refractivity contribution < 1.29 is 0 Å². The summed E-state index contributed by atoms with van der Waals surface area (Å²) in [7, 11) is 4.43. The Labute approximate surface area is 145 Å². The maximum absolute atomic E-state index is 4.51. The third-order valence-electron chi connectivity index (χ3n) is 5.25. The van der Waals surface area contributed by atoms with Gasteiger partial charge in [0.15, 0.2) is 5.82 Å². The minimum Gasteiger partial charge on any atom is -0.311 e. The SMILES string of the molecule is CN(C)C1(CNCc2cnc(-c3ccccc3)nc2)CCCCC1. The van der Waals surface area contributed by atoms with E-state index >= 15 is 0 Å². The van der Waals surface area contributed by atoms with E-state index in [-0.39, 0.29) is 0 Å². The first kappa shape index (κ1) is 17.1. The van der Waals surface area contributed by atoms with Crippen LogP contribution in [-0.2, 0) is 6.54 Å². The van der Waals surface area contributed by atoms with Gasteiger partial charge in [0, 0.05) is 42.1 Å². The lowest BCUT2D eigenvalue weighted by Crippen LogP contribution is -2.52. The molecule has 1 aromatic heterocycles. The van der Waals surface area contributed by atoms with E-state index in [4.69, 9.17) is 0 Å². The molecule has 24 heavy (non-hydrogen) atoms. The molecular weight excluding hydrogens is 296 g/mol. The standard InChI is InChI=1S/C20H28N4/c1-24(2)20(11-7-4-8-12-20)16-21-13-17-14-22-19(23-15-17)18-9-5-3-6-10-18/h3,5-6,9-10,14-15,21H,4,7-8,11-13,16H2,1-2H3. The highest BCUT2D eigenvalue weighted by molar-refractivity contribution is 5.53. The predicted octanol–water partition coefficient (Wildman–Crippen LogP) is 3.50. The quantitative estimate of drug-likeness (QED) is 0.883. The van der Waals surface area contributed by atoms with Crippen molar-refractivity contribution in [3.8, 4) is 11.4 Å². The summed E-state index contributed by atoms with van der Waals surface area (Å²) >= 11 is 0. The monoisotopic (exact) mass is 324 g/mol. The van der Waals surface area contributed by atoms with Gasteiger partial charge in [0.05, 0.1) is 0 Å². The Balaban J connectivity index is 1.57. The second-order valence-corrected chi connectivity index (χ2v) is 7.06. The average molecular weight is 324 g/mol. The Hall–Kier alpha value is -1.78. The van der Waals surface area contributed by atoms with E-state index < -0.39 is 0 Å². The van der Waals surface area contributed by atoms with Crippen LogP contribution in [0.15, 0.2) is 42.7 Å². The fourth-order valence-corrected chi connectivity index (χ4v) is 3.61. The molecule has 1 aromatic carbocycles. The molecule has 0 amide bonds. The molecular formula is C20H28N4. The summed E-state index contributed by atoms with van der Waals surface area (Å²) in [6.07, 6.45) is 10.5. The summed E-state index contributed by atoms with van der Waals surface area (Å²) in [5, 5.41) is 3.63. The van der Waals surface area contributed by atoms with Gasteiger partial charge in [-0.3, -0.25) is 0 Å². The molecule has 4 nitrogen and oxygen atoms in total. The van der Waals surface area contributed by atoms with Crippen LogP contribution in [0.5, 0.6) is 0 Å². The number of nitrogens with one attached hydrogen (secondary N) is 1. The molecule has 1 fully saturated rings. The Morgan fingerprint density at radius 1 is 1.00 bits per heavy atom. The predicted molar refractivity (Wildman–Crippen MR) is 98.7 cm³/mol. The molecule has 0 saturated heterocycles. The molecule has 0 radical (unpaired) electrons. The Bertz CT molecular complexity index is 616. The highest BCUT2D eigenvalue weighted by Crippen LogP contribution is 2.31. The molecule has 1 saturated carbocycles. The lowest BCUT2D eigenvalue weighted by Gasteiger charge is -2.43. The summed E-state index contributed by atoms with van der Waals surface area (Å²) in [6.45, 7) is 1.85. The van der Waals surface area contributed by atoms with Gasteiger partial charge in [-0.05, 0) is 26.9 Å². The second kappa shape index (κ2) is 7.86. The first-order chi connectivity index (χ1) is 11.7. The van der Waals surface area contributed by atoms with E-state index in [2.05, 4.69) is 34.3 Å². The lowest BCUT2D eigenvalue weighted by atomic mass is 9.80. The van der Waals surface area contributed by atoms with E-state index in [9.17, 15) is 0 Å². The van der Waals surface area contributed by atoms with Crippen LogP contribution in [0.3, 0.4) is 0 Å². The third-order valence-corrected chi connectivity index (χ3v) is 5.25. The zero-order valence-corrected chi connectivity index (χ0v) is 14.8. The minimum atomic E-state index is 0.309. The van der Waals surface area contributed by atoms with E-state index in [1.807, 2.05) is 42.7 Å². The molecule has 1 aliphatic rings. The molecule has 0 spiro atoms. The summed E-state index contributed by atoms with van der Waals surface area (Å²) in [4.78, 5) is 11.4. The molecule has 128 valence electrons. The third kappa shape index (κ3) is 4.00. The van der Waals surface area contributed by atoms with Crippen molar-refractivity contribution in [2.24, 2.45) is 0 Å². The van der Waals surface area contributed by atoms with Crippen LogP contribution in [0.4, 0.5) is 0 Å². The summed E-state index contributed by atoms with van der Waals surface area (Å²) < 4.78 is 0. The number of rotatable bonds is 6. The number of hydrogen-bond acceptors (Lipinski definition) is 4. The van der Waals surface area contributed by atoms with Crippen LogP contribution in [0.1, 0.15) is 37.7 Å². The molecule has 0 atom stereocenters. The minimum absolute atomic E-state index is 0.309. The summed E-state index contributed by atoms with van der Waals surface area (Å²) in [5.74, 6) is 0.788. The van der Waals surface area contributed by atoms with E-state index in [1.165, 1.54) is 32.1 Å². The molecule has 0 bridgehead atoms. The number of hydrogen-bond donors (Lipinski definition) is 1. The summed E-state index contributed by atoms with van der Waals surface area (Å²) in [6, 6.07) is 10.1. The fraction of sp³-hybridized carbons (Fsp3) is 0.500. The van der Waals surface area contributed by atoms with E-state index in [0.29, 0.717) is 5.54 Å². The molecule has 1 N–H and O–H groups in total. The van der Waals surface area contributed by atoms with Crippen molar-refractivity contribution >= 4 is 0 Å². The van der Waals surface area contributed by atoms with Crippen molar-refractivity contribution in [3.05, 3.63) is 48.3 Å². The Kier molecular flexibility index (Phi) is 5.59. The van der Waals surface area contributed by atoms with Crippen molar-refractivity contribution in [1.29, 1.82) is 0 Å². The largest absolute Gasteiger partial charge is 0.311 e. The highest BCUT2D eigenvalue weighted by atomic mass is 15.2. The van der Waals surface area contributed by atoms with Gasteiger partial charge in [-0.1, -0.05) is 49.6 Å². The maximum atomic E-state index is 4.51. The number of nitrogens with zero attached hydrogens (tertiary/aromatic N) is 3. The van der Waals surface area contributed by atoms with Gasteiger partial charge in [-0.2, -0.15) is 0 Å². The molecule has 2 aromatic rings. The van der Waals surface area contributed by atoms with E-state index in [0.717, 1.165) is 30.0 Å². The highest BCUT2D eigenvalue weighted by Gasteiger charge is 2.33. The number of benzene rings is 1. The maximum Gasteiger partial charge on any atom is 0.159 e. The van der Waals surface area contributed by atoms with Gasteiger partial charge in [0.25, 0.3) is 0 Å². The molecule has 0 unspecified atom stereocenters. The van der Waals surface area contributed by atoms with Crippen LogP contribution in [-0.4, -0.2) is 41.0 Å². The first-order valence-electron chi connectivity index (χ1n) is 8.94. The van der Waals surface area contributed by atoms with Crippen LogP contribution in [0.2, 0.25) is 0 Å². The van der Waals surface area contributed by atoms with Crippen LogP contribution in [0.25, 0.3) is 11.4 Å². The van der Waals surface area contributed by atoms with Gasteiger partial charge in [-0.15, -0.1) is 0 Å². The molecule has 1 aliphatic carbocycles. The number of aromatic nitrogens is 2. The topological polar surface area (TPSA) is 41.0 Å². The van der Waals surface area contributed by atoms with Gasteiger partial charge in [-0.25, -0.2) is 9.97 Å². The van der Waals surface area contributed by atoms with Crippen molar-refractivity contribution in [2.75, 3.05) is 20.6 Å². The van der Waals surface area contributed by atoms with Gasteiger partial charge in [0.2, 0.25) is 0 Å². The Morgan fingerprint density at radius 2 is 1.67 bits per heavy atom. The fourth-order valence-electron chi connectivity index (χ4n) is 3.61. The molecule has 3 rings (SSSR count). The van der Waals surface area contributed by atoms with E-state index in [1.54, 1.807) is 0 Å².